The molecule has 0 aliphatic rings. The van der Waals surface area contributed by atoms with Crippen LogP contribution in [-0.2, 0) is 0 Å². The van der Waals surface area contributed by atoms with Gasteiger partial charge < -0.3 is 5.32 Å². The Morgan fingerprint density at radius 1 is 1.83 bits per heavy atom. The number of nitrogens with one attached hydrogen (secondary N) is 1. The lowest BCUT2D eigenvalue weighted by atomic mass is 10.3. The SMILES string of the molecule is CC(C#N)NC(=O)c1ccsc1. The van der Waals surface area contributed by atoms with Crippen molar-refractivity contribution in [1.29, 1.82) is 5.26 Å². The first-order valence-corrected chi connectivity index (χ1v) is 4.41. The fraction of sp³-hybridized carbons (Fsp3) is 0.250. The lowest BCUT2D eigenvalue weighted by molar-refractivity contribution is 0.0948. The summed E-state index contributed by atoms with van der Waals surface area (Å²) in [5.41, 5.74) is 0.613. The van der Waals surface area contributed by atoms with E-state index >= 15 is 0 Å². The zero-order chi connectivity index (χ0) is 8.97. The molecule has 0 aromatic carbocycles. The molecule has 1 aromatic rings. The van der Waals surface area contributed by atoms with Gasteiger partial charge in [-0.2, -0.15) is 16.6 Å². The summed E-state index contributed by atoms with van der Waals surface area (Å²) < 4.78 is 0. The number of amides is 1. The van der Waals surface area contributed by atoms with E-state index in [0.29, 0.717) is 5.56 Å². The third kappa shape index (κ3) is 2.07. The fourth-order valence-corrected chi connectivity index (χ4v) is 1.34. The summed E-state index contributed by atoms with van der Waals surface area (Å²) in [6.07, 6.45) is 0. The van der Waals surface area contributed by atoms with Crippen LogP contribution in [0.3, 0.4) is 0 Å². The minimum atomic E-state index is -0.433. The second-order valence-corrected chi connectivity index (χ2v) is 3.12. The fourth-order valence-electron chi connectivity index (χ4n) is 0.706. The molecule has 0 radical (unpaired) electrons. The predicted octanol–water partition coefficient (Wildman–Crippen LogP) is 1.39. The van der Waals surface area contributed by atoms with Crippen LogP contribution in [0.15, 0.2) is 16.8 Å². The monoisotopic (exact) mass is 180 g/mol. The van der Waals surface area contributed by atoms with Gasteiger partial charge >= 0.3 is 0 Å². The summed E-state index contributed by atoms with van der Waals surface area (Å²) in [7, 11) is 0. The van der Waals surface area contributed by atoms with Crippen LogP contribution in [0.4, 0.5) is 0 Å². The second kappa shape index (κ2) is 3.88. The van der Waals surface area contributed by atoms with Gasteiger partial charge in [0.05, 0.1) is 11.6 Å². The molecule has 0 spiro atoms. The van der Waals surface area contributed by atoms with Crippen molar-refractivity contribution in [1.82, 2.24) is 5.32 Å². The van der Waals surface area contributed by atoms with E-state index in [1.807, 2.05) is 11.4 Å². The van der Waals surface area contributed by atoms with Gasteiger partial charge in [-0.25, -0.2) is 0 Å². The van der Waals surface area contributed by atoms with E-state index in [4.69, 9.17) is 5.26 Å². The summed E-state index contributed by atoms with van der Waals surface area (Å²) >= 11 is 1.46. The number of hydrogen-bond donors (Lipinski definition) is 1. The molecule has 1 N–H and O–H groups in total. The lowest BCUT2D eigenvalue weighted by Gasteiger charge is -2.03. The number of hydrogen-bond acceptors (Lipinski definition) is 3. The Morgan fingerprint density at radius 3 is 3.08 bits per heavy atom. The van der Waals surface area contributed by atoms with E-state index in [2.05, 4.69) is 5.32 Å². The first-order chi connectivity index (χ1) is 5.74. The Morgan fingerprint density at radius 2 is 2.58 bits per heavy atom. The quantitative estimate of drug-likeness (QED) is 0.747. The van der Waals surface area contributed by atoms with Crippen LogP contribution in [0.2, 0.25) is 0 Å². The van der Waals surface area contributed by atoms with Gasteiger partial charge in [0.15, 0.2) is 0 Å². The van der Waals surface area contributed by atoms with E-state index in [9.17, 15) is 4.79 Å². The smallest absolute Gasteiger partial charge is 0.253 e. The van der Waals surface area contributed by atoms with Crippen molar-refractivity contribution in [3.8, 4) is 6.07 Å². The number of rotatable bonds is 2. The van der Waals surface area contributed by atoms with Crippen LogP contribution in [0, 0.1) is 11.3 Å². The Balaban J connectivity index is 2.57. The van der Waals surface area contributed by atoms with E-state index in [1.54, 1.807) is 18.4 Å². The number of nitriles is 1. The standard InChI is InChI=1S/C8H8N2OS/c1-6(4-9)10-8(11)7-2-3-12-5-7/h2-3,5-6H,1H3,(H,10,11). The number of carbonyl (C=O) groups excluding carboxylic acids is 1. The average molecular weight is 180 g/mol. The summed E-state index contributed by atoms with van der Waals surface area (Å²) in [5.74, 6) is -0.190. The maximum Gasteiger partial charge on any atom is 0.253 e. The highest BCUT2D eigenvalue weighted by molar-refractivity contribution is 7.08. The molecule has 12 heavy (non-hydrogen) atoms. The molecule has 1 amide bonds. The molecule has 0 saturated heterocycles. The first kappa shape index (κ1) is 8.75. The predicted molar refractivity (Wildman–Crippen MR) is 46.9 cm³/mol. The molecule has 0 aliphatic heterocycles. The van der Waals surface area contributed by atoms with Gasteiger partial charge in [-0.3, -0.25) is 4.79 Å². The third-order valence-corrected chi connectivity index (χ3v) is 2.01. The van der Waals surface area contributed by atoms with Crippen LogP contribution in [0.25, 0.3) is 0 Å². The van der Waals surface area contributed by atoms with Crippen LogP contribution in [0.5, 0.6) is 0 Å². The molecule has 4 heteroatoms. The molecule has 0 saturated carbocycles. The molecule has 1 unspecified atom stereocenters. The summed E-state index contributed by atoms with van der Waals surface area (Å²) in [6.45, 7) is 1.64. The van der Waals surface area contributed by atoms with E-state index in [1.165, 1.54) is 11.3 Å². The minimum absolute atomic E-state index is 0.190. The summed E-state index contributed by atoms with van der Waals surface area (Å²) in [4.78, 5) is 11.2. The molecular weight excluding hydrogens is 172 g/mol. The normalized spacial score (nSPS) is 11.7. The maximum absolute atomic E-state index is 11.2. The van der Waals surface area contributed by atoms with Crippen molar-refractivity contribution in [3.05, 3.63) is 22.4 Å². The molecule has 0 fully saturated rings. The van der Waals surface area contributed by atoms with E-state index < -0.39 is 6.04 Å². The van der Waals surface area contributed by atoms with Gasteiger partial charge in [-0.15, -0.1) is 0 Å². The largest absolute Gasteiger partial charge is 0.337 e. The highest BCUT2D eigenvalue weighted by atomic mass is 32.1. The molecule has 1 aromatic heterocycles. The van der Waals surface area contributed by atoms with Crippen LogP contribution < -0.4 is 5.32 Å². The number of carbonyl (C=O) groups is 1. The van der Waals surface area contributed by atoms with Crippen molar-refractivity contribution in [2.45, 2.75) is 13.0 Å². The zero-order valence-corrected chi connectivity index (χ0v) is 7.39. The molecule has 0 aliphatic carbocycles. The molecule has 0 bridgehead atoms. The minimum Gasteiger partial charge on any atom is -0.337 e. The molecule has 1 atom stereocenters. The lowest BCUT2D eigenvalue weighted by Crippen LogP contribution is -2.30. The van der Waals surface area contributed by atoms with Gasteiger partial charge in [0, 0.05) is 5.38 Å². The Kier molecular flexibility index (Phi) is 2.83. The Bertz CT molecular complexity index is 299. The van der Waals surface area contributed by atoms with Gasteiger partial charge in [-0.1, -0.05) is 0 Å². The van der Waals surface area contributed by atoms with Crippen LogP contribution >= 0.6 is 11.3 Å². The van der Waals surface area contributed by atoms with E-state index in [0.717, 1.165) is 0 Å². The maximum atomic E-state index is 11.2. The third-order valence-electron chi connectivity index (χ3n) is 1.32. The van der Waals surface area contributed by atoms with Gasteiger partial charge in [-0.05, 0) is 18.4 Å². The van der Waals surface area contributed by atoms with Crippen molar-refractivity contribution in [2.24, 2.45) is 0 Å². The van der Waals surface area contributed by atoms with Crippen molar-refractivity contribution >= 4 is 17.2 Å². The molecule has 3 nitrogen and oxygen atoms in total. The summed E-state index contributed by atoms with van der Waals surface area (Å²) in [6, 6.07) is 3.22. The highest BCUT2D eigenvalue weighted by Gasteiger charge is 2.07. The van der Waals surface area contributed by atoms with Gasteiger partial charge in [0.2, 0.25) is 0 Å². The molecule has 1 rings (SSSR count). The zero-order valence-electron chi connectivity index (χ0n) is 6.57. The Hall–Kier alpha value is -1.34. The van der Waals surface area contributed by atoms with Crippen molar-refractivity contribution < 1.29 is 4.79 Å². The van der Waals surface area contributed by atoms with Crippen molar-refractivity contribution in [3.63, 3.8) is 0 Å². The van der Waals surface area contributed by atoms with Gasteiger partial charge in [0.25, 0.3) is 5.91 Å². The molecule has 62 valence electrons. The summed E-state index contributed by atoms with van der Waals surface area (Å²) in [5, 5.41) is 14.5. The Labute approximate surface area is 74.6 Å². The molecular formula is C8H8N2OS. The van der Waals surface area contributed by atoms with Gasteiger partial charge in [0.1, 0.15) is 6.04 Å². The highest BCUT2D eigenvalue weighted by Crippen LogP contribution is 2.05. The number of thiophene rings is 1. The van der Waals surface area contributed by atoms with Crippen LogP contribution in [0.1, 0.15) is 17.3 Å². The topological polar surface area (TPSA) is 52.9 Å². The number of nitrogens with zero attached hydrogens (tertiary/aromatic N) is 1. The first-order valence-electron chi connectivity index (χ1n) is 3.46. The van der Waals surface area contributed by atoms with Crippen LogP contribution in [-0.4, -0.2) is 11.9 Å². The average Bonchev–Trinajstić information content (AvgIpc) is 2.56. The second-order valence-electron chi connectivity index (χ2n) is 2.34. The van der Waals surface area contributed by atoms with Crippen molar-refractivity contribution in [2.75, 3.05) is 0 Å². The van der Waals surface area contributed by atoms with E-state index in [-0.39, 0.29) is 5.91 Å². The molecule has 1 heterocycles.